The molecule has 9 heteroatoms. The number of pyridine rings is 1. The molecule has 2 aromatic rings. The van der Waals surface area contributed by atoms with Crippen molar-refractivity contribution < 1.29 is 22.8 Å². The van der Waals surface area contributed by atoms with Crippen LogP contribution >= 0.6 is 0 Å². The van der Waals surface area contributed by atoms with Crippen LogP contribution in [0.5, 0.6) is 0 Å². The van der Waals surface area contributed by atoms with Gasteiger partial charge >= 0.3 is 6.18 Å². The van der Waals surface area contributed by atoms with Crippen molar-refractivity contribution in [2.45, 2.75) is 32.1 Å². The van der Waals surface area contributed by atoms with Gasteiger partial charge in [0.15, 0.2) is 0 Å². The summed E-state index contributed by atoms with van der Waals surface area (Å²) in [5.74, 6) is -0.507. The Hall–Kier alpha value is -3.10. The second-order valence-corrected chi connectivity index (χ2v) is 6.44. The van der Waals surface area contributed by atoms with Crippen LogP contribution in [0.25, 0.3) is 0 Å². The Labute approximate surface area is 158 Å². The maximum absolute atomic E-state index is 12.8. The molecule has 148 valence electrons. The molecule has 1 N–H and O–H groups in total. The molecule has 1 aliphatic heterocycles. The van der Waals surface area contributed by atoms with Crippen molar-refractivity contribution in [3.05, 3.63) is 64.1 Å². The van der Waals surface area contributed by atoms with Gasteiger partial charge in [-0.15, -0.1) is 0 Å². The Kier molecular flexibility index (Phi) is 5.53. The van der Waals surface area contributed by atoms with Crippen LogP contribution in [0.1, 0.15) is 24.0 Å². The van der Waals surface area contributed by atoms with Gasteiger partial charge in [-0.3, -0.25) is 14.4 Å². The summed E-state index contributed by atoms with van der Waals surface area (Å²) < 4.78 is 39.0. The first-order chi connectivity index (χ1) is 13.3. The number of hydrogen-bond donors (Lipinski definition) is 1. The van der Waals surface area contributed by atoms with Crippen molar-refractivity contribution >= 4 is 17.5 Å². The molecule has 28 heavy (non-hydrogen) atoms. The lowest BCUT2D eigenvalue weighted by molar-refractivity contribution is -0.139. The minimum atomic E-state index is -4.77. The predicted molar refractivity (Wildman–Crippen MR) is 95.6 cm³/mol. The second kappa shape index (κ2) is 7.87. The Morgan fingerprint density at radius 3 is 2.43 bits per heavy atom. The van der Waals surface area contributed by atoms with Crippen molar-refractivity contribution in [1.82, 2.24) is 9.88 Å². The fourth-order valence-corrected chi connectivity index (χ4v) is 3.00. The number of anilines is 1. The van der Waals surface area contributed by atoms with Gasteiger partial charge in [0, 0.05) is 31.4 Å². The predicted octanol–water partition coefficient (Wildman–Crippen LogP) is 2.31. The standard InChI is InChI=1S/C19H18F3N3O3/c20-19(21,22)15-3-1-9-24(18(15)28)12-16(26)23-11-13-5-7-14(8-6-13)25-10-2-4-17(25)27/h1,3,5-9H,2,4,10-12H2,(H,23,26). The number of alkyl halides is 3. The highest BCUT2D eigenvalue weighted by Crippen LogP contribution is 2.26. The highest BCUT2D eigenvalue weighted by atomic mass is 19.4. The van der Waals surface area contributed by atoms with Gasteiger partial charge in [0.1, 0.15) is 12.1 Å². The number of nitrogens with one attached hydrogen (secondary N) is 1. The fourth-order valence-electron chi connectivity index (χ4n) is 3.00. The van der Waals surface area contributed by atoms with Crippen molar-refractivity contribution in [3.8, 4) is 0 Å². The Morgan fingerprint density at radius 2 is 1.82 bits per heavy atom. The minimum absolute atomic E-state index is 0.0765. The van der Waals surface area contributed by atoms with Crippen LogP contribution in [0.3, 0.4) is 0 Å². The van der Waals surface area contributed by atoms with Crippen molar-refractivity contribution in [1.29, 1.82) is 0 Å². The van der Waals surface area contributed by atoms with Gasteiger partial charge in [0.25, 0.3) is 5.56 Å². The highest BCUT2D eigenvalue weighted by molar-refractivity contribution is 5.95. The summed E-state index contributed by atoms with van der Waals surface area (Å²) in [7, 11) is 0. The Balaban J connectivity index is 1.59. The van der Waals surface area contributed by atoms with Crippen LogP contribution in [-0.2, 0) is 28.9 Å². The van der Waals surface area contributed by atoms with Crippen molar-refractivity contribution in [2.75, 3.05) is 11.4 Å². The van der Waals surface area contributed by atoms with Crippen molar-refractivity contribution in [3.63, 3.8) is 0 Å². The van der Waals surface area contributed by atoms with Gasteiger partial charge in [-0.05, 0) is 36.2 Å². The number of aromatic nitrogens is 1. The minimum Gasteiger partial charge on any atom is -0.350 e. The highest BCUT2D eigenvalue weighted by Gasteiger charge is 2.34. The number of carbonyl (C=O) groups is 2. The molecular formula is C19H18F3N3O3. The molecule has 0 atom stereocenters. The first kappa shape index (κ1) is 19.7. The summed E-state index contributed by atoms with van der Waals surface area (Å²) in [6.07, 6.45) is -2.27. The van der Waals surface area contributed by atoms with Gasteiger partial charge in [-0.2, -0.15) is 13.2 Å². The normalized spacial score (nSPS) is 14.4. The summed E-state index contributed by atoms with van der Waals surface area (Å²) in [6, 6.07) is 8.85. The van der Waals surface area contributed by atoms with Gasteiger partial charge in [-0.1, -0.05) is 12.1 Å². The van der Waals surface area contributed by atoms with E-state index in [1.807, 2.05) is 0 Å². The number of carbonyl (C=O) groups excluding carboxylic acids is 2. The lowest BCUT2D eigenvalue weighted by Crippen LogP contribution is -2.34. The summed E-state index contributed by atoms with van der Waals surface area (Å²) >= 11 is 0. The number of rotatable bonds is 5. The van der Waals surface area contributed by atoms with Gasteiger partial charge in [0.2, 0.25) is 11.8 Å². The van der Waals surface area contributed by atoms with Gasteiger partial charge in [-0.25, -0.2) is 0 Å². The van der Waals surface area contributed by atoms with Crippen LogP contribution in [0.15, 0.2) is 47.4 Å². The zero-order valence-corrected chi connectivity index (χ0v) is 14.8. The average Bonchev–Trinajstić information content (AvgIpc) is 3.07. The second-order valence-electron chi connectivity index (χ2n) is 6.44. The molecule has 6 nitrogen and oxygen atoms in total. The van der Waals surface area contributed by atoms with Crippen LogP contribution in [-0.4, -0.2) is 22.9 Å². The van der Waals surface area contributed by atoms with Gasteiger partial charge in [0.05, 0.1) is 0 Å². The topological polar surface area (TPSA) is 71.4 Å². The van der Waals surface area contributed by atoms with E-state index in [1.165, 1.54) is 0 Å². The summed E-state index contributed by atoms with van der Waals surface area (Å²) in [6.45, 7) is 0.324. The van der Waals surface area contributed by atoms with Crippen LogP contribution < -0.4 is 15.8 Å². The number of benzene rings is 1. The maximum atomic E-state index is 12.8. The van der Waals surface area contributed by atoms with E-state index in [2.05, 4.69) is 5.32 Å². The third-order valence-corrected chi connectivity index (χ3v) is 4.45. The smallest absolute Gasteiger partial charge is 0.350 e. The lowest BCUT2D eigenvalue weighted by atomic mass is 10.2. The third kappa shape index (κ3) is 4.41. The van der Waals surface area contributed by atoms with Crippen LogP contribution in [0.4, 0.5) is 18.9 Å². The summed E-state index contributed by atoms with van der Waals surface area (Å²) in [5, 5.41) is 2.57. The monoisotopic (exact) mass is 393 g/mol. The SMILES string of the molecule is O=C(Cn1cccc(C(F)(F)F)c1=O)NCc1ccc(N2CCCC2=O)cc1. The molecule has 0 spiro atoms. The van der Waals surface area contributed by atoms with E-state index in [-0.39, 0.29) is 12.5 Å². The number of halogens is 3. The quantitative estimate of drug-likeness (QED) is 0.848. The van der Waals surface area contributed by atoms with E-state index in [4.69, 9.17) is 0 Å². The Morgan fingerprint density at radius 1 is 1.11 bits per heavy atom. The van der Waals surface area contributed by atoms with Crippen LogP contribution in [0.2, 0.25) is 0 Å². The maximum Gasteiger partial charge on any atom is 0.421 e. The number of nitrogens with zero attached hydrogens (tertiary/aromatic N) is 2. The molecule has 0 radical (unpaired) electrons. The molecule has 2 amide bonds. The molecule has 1 saturated heterocycles. The molecule has 1 aromatic carbocycles. The molecule has 1 aliphatic rings. The van der Waals surface area contributed by atoms with E-state index in [1.54, 1.807) is 29.2 Å². The molecule has 1 fully saturated rings. The average molecular weight is 393 g/mol. The van der Waals surface area contributed by atoms with E-state index < -0.39 is 29.8 Å². The van der Waals surface area contributed by atoms with Crippen molar-refractivity contribution in [2.24, 2.45) is 0 Å². The zero-order chi connectivity index (χ0) is 20.3. The van der Waals surface area contributed by atoms with E-state index in [0.29, 0.717) is 19.0 Å². The largest absolute Gasteiger partial charge is 0.421 e. The summed E-state index contributed by atoms with van der Waals surface area (Å²) in [5.41, 5.74) is -1.02. The molecule has 3 rings (SSSR count). The zero-order valence-electron chi connectivity index (χ0n) is 14.8. The molecule has 0 bridgehead atoms. The Bertz CT molecular complexity index is 936. The van der Waals surface area contributed by atoms with E-state index in [9.17, 15) is 27.6 Å². The molecule has 2 heterocycles. The molecular weight excluding hydrogens is 375 g/mol. The number of amides is 2. The van der Waals surface area contributed by atoms with E-state index >= 15 is 0 Å². The third-order valence-electron chi connectivity index (χ3n) is 4.45. The molecule has 0 saturated carbocycles. The molecule has 0 unspecified atom stereocenters. The first-order valence-electron chi connectivity index (χ1n) is 8.68. The fraction of sp³-hybridized carbons (Fsp3) is 0.316. The first-order valence-corrected chi connectivity index (χ1v) is 8.68. The lowest BCUT2D eigenvalue weighted by Gasteiger charge is -2.16. The van der Waals surface area contributed by atoms with E-state index in [0.717, 1.165) is 34.5 Å². The van der Waals surface area contributed by atoms with Crippen LogP contribution in [0, 0.1) is 0 Å². The molecule has 1 aromatic heterocycles. The number of hydrogen-bond acceptors (Lipinski definition) is 3. The summed E-state index contributed by atoms with van der Waals surface area (Å²) in [4.78, 5) is 37.3. The van der Waals surface area contributed by atoms with Gasteiger partial charge < -0.3 is 14.8 Å². The molecule has 0 aliphatic carbocycles.